The number of hydrogen-bond donors (Lipinski definition) is 0. The Morgan fingerprint density at radius 1 is 1.29 bits per heavy atom. The molecule has 0 amide bonds. The molecule has 0 radical (unpaired) electrons. The Morgan fingerprint density at radius 2 is 2.12 bits per heavy atom. The molecule has 0 saturated carbocycles. The summed E-state index contributed by atoms with van der Waals surface area (Å²) in [5, 5.41) is 8.57. The minimum Gasteiger partial charge on any atom is -0.381 e. The van der Waals surface area contributed by atoms with Crippen LogP contribution in [0.4, 0.5) is 4.39 Å². The first-order valence-electron chi connectivity index (χ1n) is 8.00. The SMILES string of the molecule is O=c1c2cc(-c3ccc(F)cc3)nn2cnn1CC1CCCOC1. The van der Waals surface area contributed by atoms with Crippen molar-refractivity contribution in [3.8, 4) is 11.3 Å². The zero-order chi connectivity index (χ0) is 16.5. The van der Waals surface area contributed by atoms with Gasteiger partial charge in [-0.1, -0.05) is 0 Å². The monoisotopic (exact) mass is 328 g/mol. The van der Waals surface area contributed by atoms with Gasteiger partial charge in [-0.3, -0.25) is 4.79 Å². The molecule has 1 aliphatic rings. The summed E-state index contributed by atoms with van der Waals surface area (Å²) >= 11 is 0. The fraction of sp³-hybridized carbons (Fsp3) is 0.353. The molecule has 24 heavy (non-hydrogen) atoms. The Labute approximate surface area is 137 Å². The van der Waals surface area contributed by atoms with Gasteiger partial charge in [0.1, 0.15) is 17.7 Å². The molecule has 1 saturated heterocycles. The van der Waals surface area contributed by atoms with E-state index >= 15 is 0 Å². The highest BCUT2D eigenvalue weighted by atomic mass is 19.1. The van der Waals surface area contributed by atoms with Gasteiger partial charge in [0.25, 0.3) is 5.56 Å². The van der Waals surface area contributed by atoms with Crippen molar-refractivity contribution >= 4 is 5.52 Å². The number of fused-ring (bicyclic) bond motifs is 1. The fourth-order valence-corrected chi connectivity index (χ4v) is 3.03. The molecule has 124 valence electrons. The number of nitrogens with zero attached hydrogens (tertiary/aromatic N) is 4. The highest BCUT2D eigenvalue weighted by Gasteiger charge is 2.17. The van der Waals surface area contributed by atoms with Gasteiger partial charge in [0.15, 0.2) is 0 Å². The van der Waals surface area contributed by atoms with Crippen LogP contribution in [-0.4, -0.2) is 32.6 Å². The number of hydrogen-bond acceptors (Lipinski definition) is 4. The molecule has 0 N–H and O–H groups in total. The summed E-state index contributed by atoms with van der Waals surface area (Å²) in [6, 6.07) is 7.74. The summed E-state index contributed by atoms with van der Waals surface area (Å²) in [4.78, 5) is 12.6. The average Bonchev–Trinajstić information content (AvgIpc) is 3.04. The van der Waals surface area contributed by atoms with Gasteiger partial charge in [-0.15, -0.1) is 0 Å². The fourth-order valence-electron chi connectivity index (χ4n) is 3.03. The molecule has 1 fully saturated rings. The van der Waals surface area contributed by atoms with Gasteiger partial charge in [-0.25, -0.2) is 13.6 Å². The standard InChI is InChI=1S/C17H17FN4O2/c18-14-5-3-13(4-6-14)15-8-16-17(23)21(19-11-22(16)20-15)9-12-2-1-7-24-10-12/h3-6,8,11-12H,1-2,7,9-10H2. The smallest absolute Gasteiger partial charge is 0.292 e. The van der Waals surface area contributed by atoms with Crippen LogP contribution in [0.5, 0.6) is 0 Å². The van der Waals surface area contributed by atoms with Gasteiger partial charge in [0, 0.05) is 18.1 Å². The van der Waals surface area contributed by atoms with Crippen LogP contribution in [0.15, 0.2) is 41.5 Å². The molecule has 0 aliphatic carbocycles. The maximum atomic E-state index is 13.0. The first-order valence-corrected chi connectivity index (χ1v) is 8.00. The molecule has 1 aliphatic heterocycles. The molecule has 7 heteroatoms. The highest BCUT2D eigenvalue weighted by Crippen LogP contribution is 2.19. The lowest BCUT2D eigenvalue weighted by Crippen LogP contribution is -2.31. The first kappa shape index (κ1) is 15.0. The van der Waals surface area contributed by atoms with Crippen molar-refractivity contribution in [1.82, 2.24) is 19.4 Å². The summed E-state index contributed by atoms with van der Waals surface area (Å²) in [6.45, 7) is 2.01. The second kappa shape index (κ2) is 6.16. The molecular formula is C17H17FN4O2. The summed E-state index contributed by atoms with van der Waals surface area (Å²) in [7, 11) is 0. The van der Waals surface area contributed by atoms with E-state index in [9.17, 15) is 9.18 Å². The maximum Gasteiger partial charge on any atom is 0.292 e. The molecular weight excluding hydrogens is 311 g/mol. The van der Waals surface area contributed by atoms with Crippen LogP contribution < -0.4 is 5.56 Å². The van der Waals surface area contributed by atoms with E-state index in [0.29, 0.717) is 30.3 Å². The van der Waals surface area contributed by atoms with Gasteiger partial charge < -0.3 is 4.74 Å². The molecule has 3 aromatic rings. The zero-order valence-electron chi connectivity index (χ0n) is 13.1. The Bertz CT molecular complexity index is 910. The number of benzene rings is 1. The maximum absolute atomic E-state index is 13.0. The summed E-state index contributed by atoms with van der Waals surface area (Å²) in [6.07, 6.45) is 3.59. The second-order valence-electron chi connectivity index (χ2n) is 6.07. The number of halogens is 1. The Hall–Kier alpha value is -2.54. The number of ether oxygens (including phenoxy) is 1. The first-order chi connectivity index (χ1) is 11.7. The van der Waals surface area contributed by atoms with Crippen molar-refractivity contribution in [2.45, 2.75) is 19.4 Å². The Kier molecular flexibility index (Phi) is 3.86. The van der Waals surface area contributed by atoms with Crippen LogP contribution in [0.2, 0.25) is 0 Å². The summed E-state index contributed by atoms with van der Waals surface area (Å²) in [5.41, 5.74) is 1.66. The predicted molar refractivity (Wildman–Crippen MR) is 86.2 cm³/mol. The van der Waals surface area contributed by atoms with E-state index in [1.807, 2.05) is 0 Å². The normalized spacial score (nSPS) is 18.1. The quantitative estimate of drug-likeness (QED) is 0.739. The number of aromatic nitrogens is 4. The van der Waals surface area contributed by atoms with E-state index in [2.05, 4.69) is 10.2 Å². The van der Waals surface area contributed by atoms with Crippen molar-refractivity contribution in [3.63, 3.8) is 0 Å². The van der Waals surface area contributed by atoms with E-state index in [1.54, 1.807) is 18.2 Å². The molecule has 0 spiro atoms. The van der Waals surface area contributed by atoms with Crippen LogP contribution in [0.3, 0.4) is 0 Å². The lowest BCUT2D eigenvalue weighted by molar-refractivity contribution is 0.0464. The topological polar surface area (TPSA) is 61.4 Å². The molecule has 1 unspecified atom stereocenters. The van der Waals surface area contributed by atoms with E-state index in [-0.39, 0.29) is 11.4 Å². The molecule has 3 heterocycles. The largest absolute Gasteiger partial charge is 0.381 e. The third-order valence-corrected chi connectivity index (χ3v) is 4.32. The van der Waals surface area contributed by atoms with Gasteiger partial charge in [0.05, 0.1) is 18.8 Å². The van der Waals surface area contributed by atoms with E-state index in [4.69, 9.17) is 4.74 Å². The van der Waals surface area contributed by atoms with Crippen LogP contribution in [0.1, 0.15) is 12.8 Å². The van der Waals surface area contributed by atoms with Crippen molar-refractivity contribution in [2.75, 3.05) is 13.2 Å². The third kappa shape index (κ3) is 2.82. The number of rotatable bonds is 3. The van der Waals surface area contributed by atoms with Crippen molar-refractivity contribution in [3.05, 3.63) is 52.8 Å². The van der Waals surface area contributed by atoms with Crippen molar-refractivity contribution in [2.24, 2.45) is 5.92 Å². The van der Waals surface area contributed by atoms with Crippen molar-refractivity contribution in [1.29, 1.82) is 0 Å². The molecule has 0 bridgehead atoms. The lowest BCUT2D eigenvalue weighted by atomic mass is 10.0. The molecule has 1 atom stereocenters. The molecule has 6 nitrogen and oxygen atoms in total. The molecule has 1 aromatic carbocycles. The third-order valence-electron chi connectivity index (χ3n) is 4.32. The molecule has 2 aromatic heterocycles. The van der Waals surface area contributed by atoms with Crippen LogP contribution in [-0.2, 0) is 11.3 Å². The van der Waals surface area contributed by atoms with Crippen LogP contribution >= 0.6 is 0 Å². The average molecular weight is 328 g/mol. The summed E-state index contributed by atoms with van der Waals surface area (Å²) in [5.74, 6) is 0.00660. The minimum absolute atomic E-state index is 0.177. The van der Waals surface area contributed by atoms with E-state index in [1.165, 1.54) is 27.7 Å². The predicted octanol–water partition coefficient (Wildman–Crippen LogP) is 2.12. The Morgan fingerprint density at radius 3 is 2.88 bits per heavy atom. The Balaban J connectivity index is 1.68. The van der Waals surface area contributed by atoms with E-state index in [0.717, 1.165) is 25.0 Å². The highest BCUT2D eigenvalue weighted by molar-refractivity contribution is 5.65. The minimum atomic E-state index is -0.304. The summed E-state index contributed by atoms with van der Waals surface area (Å²) < 4.78 is 21.5. The van der Waals surface area contributed by atoms with E-state index < -0.39 is 0 Å². The second-order valence-corrected chi connectivity index (χ2v) is 6.07. The van der Waals surface area contributed by atoms with Crippen LogP contribution in [0, 0.1) is 11.7 Å². The van der Waals surface area contributed by atoms with Gasteiger partial charge in [-0.2, -0.15) is 10.2 Å². The van der Waals surface area contributed by atoms with Crippen LogP contribution in [0.25, 0.3) is 16.8 Å². The zero-order valence-corrected chi connectivity index (χ0v) is 13.1. The van der Waals surface area contributed by atoms with Gasteiger partial charge >= 0.3 is 0 Å². The van der Waals surface area contributed by atoms with Gasteiger partial charge in [0.2, 0.25) is 0 Å². The molecule has 4 rings (SSSR count). The van der Waals surface area contributed by atoms with Crippen molar-refractivity contribution < 1.29 is 9.13 Å². The van der Waals surface area contributed by atoms with Gasteiger partial charge in [-0.05, 0) is 43.2 Å². The lowest BCUT2D eigenvalue weighted by Gasteiger charge is -2.21.